The van der Waals surface area contributed by atoms with Gasteiger partial charge in [-0.05, 0) is 31.2 Å². The monoisotopic (exact) mass is 208 g/mol. The summed E-state index contributed by atoms with van der Waals surface area (Å²) < 4.78 is 1.87. The van der Waals surface area contributed by atoms with E-state index in [1.807, 2.05) is 11.7 Å². The fourth-order valence-corrected chi connectivity index (χ4v) is 2.76. The fraction of sp³-hybridized carbons (Fsp3) is 0.750. The van der Waals surface area contributed by atoms with Gasteiger partial charge in [0.1, 0.15) is 0 Å². The van der Waals surface area contributed by atoms with Crippen LogP contribution in [-0.2, 0) is 7.05 Å². The average Bonchev–Trinajstić information content (AvgIpc) is 2.52. The molecule has 0 amide bonds. The summed E-state index contributed by atoms with van der Waals surface area (Å²) in [5.41, 5.74) is 2.47. The van der Waals surface area contributed by atoms with Crippen LogP contribution in [0.15, 0.2) is 6.20 Å². The van der Waals surface area contributed by atoms with Crippen LogP contribution >= 0.6 is 0 Å². The Kier molecular flexibility index (Phi) is 2.38. The predicted octanol–water partition coefficient (Wildman–Crippen LogP) is 1.99. The van der Waals surface area contributed by atoms with Crippen LogP contribution in [0, 0.1) is 12.3 Å². The van der Waals surface area contributed by atoms with E-state index in [-0.39, 0.29) is 11.5 Å². The Balaban J connectivity index is 2.30. The van der Waals surface area contributed by atoms with Gasteiger partial charge in [0.25, 0.3) is 0 Å². The molecule has 0 spiro atoms. The van der Waals surface area contributed by atoms with E-state index in [1.165, 1.54) is 5.56 Å². The van der Waals surface area contributed by atoms with Crippen LogP contribution in [0.3, 0.4) is 0 Å². The molecule has 1 saturated carbocycles. The van der Waals surface area contributed by atoms with E-state index in [0.717, 1.165) is 18.5 Å². The SMILES string of the molecule is CCC1(C)C(O)CC1c1cn(C)nc1C. The summed E-state index contributed by atoms with van der Waals surface area (Å²) in [6.07, 6.45) is 3.86. The van der Waals surface area contributed by atoms with Gasteiger partial charge in [-0.25, -0.2) is 0 Å². The molecule has 3 atom stereocenters. The first-order valence-corrected chi connectivity index (χ1v) is 5.67. The minimum atomic E-state index is -0.146. The number of aliphatic hydroxyl groups excluding tert-OH is 1. The zero-order valence-corrected chi connectivity index (χ0v) is 9.99. The maximum Gasteiger partial charge on any atom is 0.0628 e. The second-order valence-corrected chi connectivity index (χ2v) is 5.01. The van der Waals surface area contributed by atoms with Gasteiger partial charge in [0.05, 0.1) is 11.8 Å². The largest absolute Gasteiger partial charge is 0.393 e. The second-order valence-electron chi connectivity index (χ2n) is 5.01. The Hall–Kier alpha value is -0.830. The number of nitrogens with zero attached hydrogens (tertiary/aromatic N) is 2. The summed E-state index contributed by atoms with van der Waals surface area (Å²) in [5, 5.41) is 14.2. The maximum absolute atomic E-state index is 9.87. The number of hydrogen-bond acceptors (Lipinski definition) is 2. The van der Waals surface area contributed by atoms with E-state index >= 15 is 0 Å². The van der Waals surface area contributed by atoms with Crippen molar-refractivity contribution in [1.29, 1.82) is 0 Å². The molecule has 1 N–H and O–H groups in total. The summed E-state index contributed by atoms with van der Waals surface area (Å²) in [6, 6.07) is 0. The van der Waals surface area contributed by atoms with Gasteiger partial charge in [-0.2, -0.15) is 5.10 Å². The lowest BCUT2D eigenvalue weighted by atomic mass is 9.55. The Bertz CT molecular complexity index is 372. The molecular formula is C12H20N2O. The molecule has 1 fully saturated rings. The Morgan fingerprint density at radius 1 is 1.67 bits per heavy atom. The van der Waals surface area contributed by atoms with Gasteiger partial charge in [-0.15, -0.1) is 0 Å². The lowest BCUT2D eigenvalue weighted by Gasteiger charge is -2.51. The standard InChI is InChI=1S/C12H20N2O/c1-5-12(3)10(6-11(12)15)9-7-14(4)13-8(9)2/h7,10-11,15H,5-6H2,1-4H3. The maximum atomic E-state index is 9.87. The van der Waals surface area contributed by atoms with Crippen LogP contribution in [0.25, 0.3) is 0 Å². The molecule has 0 aromatic carbocycles. The van der Waals surface area contributed by atoms with E-state index < -0.39 is 0 Å². The molecule has 1 aliphatic carbocycles. The summed E-state index contributed by atoms with van der Waals surface area (Å²) in [5.74, 6) is 0.478. The molecule has 1 aromatic heterocycles. The van der Waals surface area contributed by atoms with Crippen LogP contribution < -0.4 is 0 Å². The van der Waals surface area contributed by atoms with E-state index in [4.69, 9.17) is 0 Å². The summed E-state index contributed by atoms with van der Waals surface area (Å²) in [6.45, 7) is 6.38. The highest BCUT2D eigenvalue weighted by Crippen LogP contribution is 2.55. The van der Waals surface area contributed by atoms with Crippen molar-refractivity contribution in [1.82, 2.24) is 9.78 Å². The molecular weight excluding hydrogens is 188 g/mol. The van der Waals surface area contributed by atoms with Crippen molar-refractivity contribution in [2.75, 3.05) is 0 Å². The highest BCUT2D eigenvalue weighted by atomic mass is 16.3. The molecule has 0 radical (unpaired) electrons. The molecule has 1 aromatic rings. The molecule has 84 valence electrons. The molecule has 15 heavy (non-hydrogen) atoms. The van der Waals surface area contributed by atoms with Gasteiger partial charge >= 0.3 is 0 Å². The number of aliphatic hydroxyl groups is 1. The van der Waals surface area contributed by atoms with Gasteiger partial charge in [-0.3, -0.25) is 4.68 Å². The van der Waals surface area contributed by atoms with Crippen LogP contribution in [0.1, 0.15) is 43.9 Å². The normalized spacial score (nSPS) is 35.3. The van der Waals surface area contributed by atoms with Gasteiger partial charge in [-0.1, -0.05) is 13.8 Å². The van der Waals surface area contributed by atoms with Crippen LogP contribution in [-0.4, -0.2) is 21.0 Å². The number of hydrogen-bond donors (Lipinski definition) is 1. The average molecular weight is 208 g/mol. The summed E-state index contributed by atoms with van der Waals surface area (Å²) in [7, 11) is 1.95. The zero-order chi connectivity index (χ0) is 11.2. The number of rotatable bonds is 2. The minimum absolute atomic E-state index is 0.0494. The third kappa shape index (κ3) is 1.41. The third-order valence-corrected chi connectivity index (χ3v) is 4.20. The van der Waals surface area contributed by atoms with Crippen LogP contribution in [0.5, 0.6) is 0 Å². The zero-order valence-electron chi connectivity index (χ0n) is 9.99. The molecule has 1 aliphatic rings. The van der Waals surface area contributed by atoms with Gasteiger partial charge in [0.2, 0.25) is 0 Å². The Morgan fingerprint density at radius 2 is 2.33 bits per heavy atom. The Labute approximate surface area is 91.1 Å². The first-order valence-electron chi connectivity index (χ1n) is 5.67. The molecule has 3 heteroatoms. The molecule has 3 unspecified atom stereocenters. The highest BCUT2D eigenvalue weighted by Gasteiger charge is 2.50. The third-order valence-electron chi connectivity index (χ3n) is 4.20. The molecule has 1 heterocycles. The predicted molar refractivity (Wildman–Crippen MR) is 59.7 cm³/mol. The van der Waals surface area contributed by atoms with Crippen molar-refractivity contribution in [2.24, 2.45) is 12.5 Å². The minimum Gasteiger partial charge on any atom is -0.393 e. The van der Waals surface area contributed by atoms with E-state index in [0.29, 0.717) is 5.92 Å². The summed E-state index contributed by atoms with van der Waals surface area (Å²) >= 11 is 0. The van der Waals surface area contributed by atoms with Crippen molar-refractivity contribution in [3.8, 4) is 0 Å². The first-order chi connectivity index (χ1) is 6.99. The fourth-order valence-electron chi connectivity index (χ4n) is 2.76. The van der Waals surface area contributed by atoms with Crippen molar-refractivity contribution in [3.63, 3.8) is 0 Å². The molecule has 3 nitrogen and oxygen atoms in total. The molecule has 0 saturated heterocycles. The quantitative estimate of drug-likeness (QED) is 0.807. The highest BCUT2D eigenvalue weighted by molar-refractivity contribution is 5.28. The van der Waals surface area contributed by atoms with Crippen molar-refractivity contribution < 1.29 is 5.11 Å². The lowest BCUT2D eigenvalue weighted by molar-refractivity contribution is -0.0779. The first kappa shape index (κ1) is 10.7. The molecule has 0 aliphatic heterocycles. The van der Waals surface area contributed by atoms with Crippen molar-refractivity contribution in [3.05, 3.63) is 17.5 Å². The number of aromatic nitrogens is 2. The number of aryl methyl sites for hydroxylation is 2. The Morgan fingerprint density at radius 3 is 2.73 bits per heavy atom. The smallest absolute Gasteiger partial charge is 0.0628 e. The topological polar surface area (TPSA) is 38.0 Å². The second kappa shape index (κ2) is 3.34. The van der Waals surface area contributed by atoms with E-state index in [2.05, 4.69) is 32.1 Å². The van der Waals surface area contributed by atoms with E-state index in [1.54, 1.807) is 0 Å². The molecule has 0 bridgehead atoms. The molecule has 2 rings (SSSR count). The van der Waals surface area contributed by atoms with Gasteiger partial charge < -0.3 is 5.11 Å². The van der Waals surface area contributed by atoms with Crippen molar-refractivity contribution >= 4 is 0 Å². The van der Waals surface area contributed by atoms with Gasteiger partial charge in [0, 0.05) is 18.7 Å². The summed E-state index contributed by atoms with van der Waals surface area (Å²) in [4.78, 5) is 0. The van der Waals surface area contributed by atoms with Crippen LogP contribution in [0.4, 0.5) is 0 Å². The van der Waals surface area contributed by atoms with Crippen molar-refractivity contribution in [2.45, 2.75) is 45.6 Å². The van der Waals surface area contributed by atoms with E-state index in [9.17, 15) is 5.11 Å². The van der Waals surface area contributed by atoms with Crippen LogP contribution in [0.2, 0.25) is 0 Å². The lowest BCUT2D eigenvalue weighted by Crippen LogP contribution is -2.49. The van der Waals surface area contributed by atoms with Gasteiger partial charge in [0.15, 0.2) is 0 Å².